The summed E-state index contributed by atoms with van der Waals surface area (Å²) in [5.74, 6) is 0. The molecule has 2 N–H and O–H groups in total. The lowest BCUT2D eigenvalue weighted by atomic mass is 9.89. The van der Waals surface area contributed by atoms with Gasteiger partial charge in [0.1, 0.15) is 0 Å². The van der Waals surface area contributed by atoms with Crippen molar-refractivity contribution >= 4 is 17.3 Å². The Morgan fingerprint density at radius 1 is 1.08 bits per heavy atom. The molecule has 0 radical (unpaired) electrons. The van der Waals surface area contributed by atoms with Crippen LogP contribution in [0.3, 0.4) is 0 Å². The van der Waals surface area contributed by atoms with Crippen molar-refractivity contribution in [2.75, 3.05) is 45.9 Å². The highest BCUT2D eigenvalue weighted by atomic mass is 32.2. The third-order valence-corrected chi connectivity index (χ3v) is 8.64. The second-order valence-corrected chi connectivity index (χ2v) is 11.3. The van der Waals surface area contributed by atoms with Crippen LogP contribution >= 0.6 is 0 Å². The SMILES string of the molecule is O=C(NCCCCCCCCC1(N(CCCN2CCOCC2)S(=O)[O-])CCCC1)NCc1cccnc1. The number of morpholine rings is 1. The maximum Gasteiger partial charge on any atom is 0.315 e. The highest BCUT2D eigenvalue weighted by Gasteiger charge is 2.39. The van der Waals surface area contributed by atoms with E-state index >= 15 is 0 Å². The molecule has 2 fully saturated rings. The Balaban J connectivity index is 1.25. The number of unbranched alkanes of at least 4 members (excludes halogenated alkanes) is 5. The Morgan fingerprint density at radius 2 is 1.81 bits per heavy atom. The van der Waals surface area contributed by atoms with Crippen molar-refractivity contribution in [1.29, 1.82) is 0 Å². The number of hydrogen-bond donors (Lipinski definition) is 2. The molecule has 2 aliphatic rings. The fourth-order valence-electron chi connectivity index (χ4n) is 5.63. The van der Waals surface area contributed by atoms with Gasteiger partial charge < -0.3 is 19.9 Å². The van der Waals surface area contributed by atoms with Crippen LogP contribution in [0.15, 0.2) is 24.5 Å². The zero-order valence-corrected chi connectivity index (χ0v) is 23.2. The third kappa shape index (κ3) is 11.0. The number of nitrogens with one attached hydrogen (secondary N) is 2. The molecule has 1 aromatic heterocycles. The first-order valence-corrected chi connectivity index (χ1v) is 15.2. The molecule has 2 heterocycles. The molecule has 0 aromatic carbocycles. The van der Waals surface area contributed by atoms with E-state index in [-0.39, 0.29) is 11.6 Å². The quantitative estimate of drug-likeness (QED) is 0.232. The molecule has 37 heavy (non-hydrogen) atoms. The van der Waals surface area contributed by atoms with E-state index in [0.29, 0.717) is 19.6 Å². The summed E-state index contributed by atoms with van der Waals surface area (Å²) in [6, 6.07) is 3.65. The highest BCUT2D eigenvalue weighted by molar-refractivity contribution is 7.76. The molecule has 0 spiro atoms. The summed E-state index contributed by atoms with van der Waals surface area (Å²) in [4.78, 5) is 18.3. The fraction of sp³-hybridized carbons (Fsp3) is 0.778. The van der Waals surface area contributed by atoms with E-state index in [0.717, 1.165) is 115 Å². The van der Waals surface area contributed by atoms with Crippen LogP contribution < -0.4 is 10.6 Å². The maximum absolute atomic E-state index is 12.2. The zero-order chi connectivity index (χ0) is 26.2. The van der Waals surface area contributed by atoms with Gasteiger partial charge in [-0.1, -0.05) is 51.0 Å². The van der Waals surface area contributed by atoms with Gasteiger partial charge in [-0.2, -0.15) is 0 Å². The van der Waals surface area contributed by atoms with E-state index in [4.69, 9.17) is 4.74 Å². The average molecular weight is 537 g/mol. The molecule has 1 saturated heterocycles. The Kier molecular flexibility index (Phi) is 13.8. The first-order chi connectivity index (χ1) is 18.1. The molecule has 1 unspecified atom stereocenters. The fourth-order valence-corrected chi connectivity index (χ4v) is 6.49. The van der Waals surface area contributed by atoms with Crippen LogP contribution in [0, 0.1) is 0 Å². The van der Waals surface area contributed by atoms with Crippen molar-refractivity contribution in [1.82, 2.24) is 24.8 Å². The van der Waals surface area contributed by atoms with Crippen molar-refractivity contribution in [3.05, 3.63) is 30.1 Å². The largest absolute Gasteiger partial charge is 0.760 e. The highest BCUT2D eigenvalue weighted by Crippen LogP contribution is 2.40. The molecule has 9 nitrogen and oxygen atoms in total. The van der Waals surface area contributed by atoms with Crippen LogP contribution in [0.5, 0.6) is 0 Å². The first kappa shape index (κ1) is 30.0. The lowest BCUT2D eigenvalue weighted by molar-refractivity contribution is 0.0356. The molecule has 0 bridgehead atoms. The van der Waals surface area contributed by atoms with Gasteiger partial charge >= 0.3 is 6.03 Å². The number of nitrogens with zero attached hydrogens (tertiary/aromatic N) is 3. The Hall–Kier alpha value is -1.59. The van der Waals surface area contributed by atoms with Gasteiger partial charge in [0.05, 0.1) is 13.2 Å². The van der Waals surface area contributed by atoms with Crippen LogP contribution in [-0.2, 0) is 22.5 Å². The number of carbonyl (C=O) groups is 1. The molecular weight excluding hydrogens is 490 g/mol. The summed E-state index contributed by atoms with van der Waals surface area (Å²) in [7, 11) is 0. The molecule has 1 aromatic rings. The minimum absolute atomic E-state index is 0.143. The topological polar surface area (TPSA) is 110 Å². The van der Waals surface area contributed by atoms with Crippen LogP contribution in [0.2, 0.25) is 0 Å². The van der Waals surface area contributed by atoms with E-state index < -0.39 is 11.3 Å². The molecule has 1 aliphatic heterocycles. The molecule has 2 amide bonds. The summed E-state index contributed by atoms with van der Waals surface area (Å²) in [5, 5.41) is 5.76. The number of urea groups is 1. The average Bonchev–Trinajstić information content (AvgIpc) is 3.39. The van der Waals surface area contributed by atoms with Crippen molar-refractivity contribution < 1.29 is 18.3 Å². The number of aromatic nitrogens is 1. The molecule has 1 aliphatic carbocycles. The summed E-state index contributed by atoms with van der Waals surface area (Å²) in [6.07, 6.45) is 16.1. The number of rotatable bonds is 17. The molecule has 210 valence electrons. The van der Waals surface area contributed by atoms with Crippen LogP contribution in [0.4, 0.5) is 4.79 Å². The predicted molar refractivity (Wildman–Crippen MR) is 145 cm³/mol. The zero-order valence-electron chi connectivity index (χ0n) is 22.3. The minimum Gasteiger partial charge on any atom is -0.760 e. The number of pyridine rings is 1. The lowest BCUT2D eigenvalue weighted by Gasteiger charge is -2.43. The molecule has 1 atom stereocenters. The first-order valence-electron chi connectivity index (χ1n) is 14.2. The standard InChI is InChI=1S/C27H47N5O4S/c33-26(30-24-25-11-9-15-28-23-25)29-16-8-4-2-1-3-5-12-27(13-6-7-14-27)32(37(34)35)18-10-17-31-19-21-36-22-20-31/h9,11,15,23H,1-8,10,12-14,16-22,24H2,(H,34,35)(H2,29,30,33)/p-1. The van der Waals surface area contributed by atoms with Gasteiger partial charge in [-0.15, -0.1) is 0 Å². The maximum atomic E-state index is 12.2. The van der Waals surface area contributed by atoms with E-state index in [1.807, 2.05) is 12.1 Å². The van der Waals surface area contributed by atoms with Gasteiger partial charge in [0.2, 0.25) is 0 Å². The van der Waals surface area contributed by atoms with Crippen LogP contribution in [0.1, 0.15) is 82.6 Å². The summed E-state index contributed by atoms with van der Waals surface area (Å²) in [6.45, 7) is 6.16. The number of amides is 2. The van der Waals surface area contributed by atoms with Gasteiger partial charge in [0.25, 0.3) is 0 Å². The van der Waals surface area contributed by atoms with E-state index in [1.165, 1.54) is 0 Å². The normalized spacial score (nSPS) is 18.6. The number of carbonyl (C=O) groups excluding carboxylic acids is 1. The van der Waals surface area contributed by atoms with E-state index in [2.05, 4.69) is 20.5 Å². The van der Waals surface area contributed by atoms with Crippen LogP contribution in [0.25, 0.3) is 0 Å². The number of hydrogen-bond acceptors (Lipinski definition) is 6. The van der Waals surface area contributed by atoms with Gasteiger partial charge in [0.15, 0.2) is 0 Å². The van der Waals surface area contributed by atoms with Gasteiger partial charge in [-0.25, -0.2) is 9.10 Å². The van der Waals surface area contributed by atoms with Crippen molar-refractivity contribution in [3.63, 3.8) is 0 Å². The van der Waals surface area contributed by atoms with Gasteiger partial charge in [-0.3, -0.25) is 14.1 Å². The van der Waals surface area contributed by atoms with Gasteiger partial charge in [-0.05, 0) is 50.3 Å². The predicted octanol–water partition coefficient (Wildman–Crippen LogP) is 3.74. The smallest absolute Gasteiger partial charge is 0.315 e. The van der Waals surface area contributed by atoms with Crippen molar-refractivity contribution in [3.8, 4) is 0 Å². The molecular formula is C27H46N5O4S-. The monoisotopic (exact) mass is 536 g/mol. The molecule has 1 saturated carbocycles. The lowest BCUT2D eigenvalue weighted by Crippen LogP contribution is -2.49. The van der Waals surface area contributed by atoms with E-state index in [9.17, 15) is 13.6 Å². The third-order valence-electron chi connectivity index (χ3n) is 7.71. The Morgan fingerprint density at radius 3 is 2.51 bits per heavy atom. The van der Waals surface area contributed by atoms with Gasteiger partial charge in [0, 0.05) is 61.9 Å². The summed E-state index contributed by atoms with van der Waals surface area (Å²) >= 11 is -2.17. The van der Waals surface area contributed by atoms with Crippen molar-refractivity contribution in [2.24, 2.45) is 0 Å². The Labute approximate surface area is 225 Å². The number of ether oxygens (including phenoxy) is 1. The van der Waals surface area contributed by atoms with Crippen molar-refractivity contribution in [2.45, 2.75) is 89.1 Å². The molecule has 10 heteroatoms. The second-order valence-electron chi connectivity index (χ2n) is 10.4. The van der Waals surface area contributed by atoms with Crippen LogP contribution in [-0.4, -0.2) is 80.5 Å². The minimum atomic E-state index is -2.17. The summed E-state index contributed by atoms with van der Waals surface area (Å²) < 4.78 is 31.7. The van der Waals surface area contributed by atoms with E-state index in [1.54, 1.807) is 16.7 Å². The summed E-state index contributed by atoms with van der Waals surface area (Å²) in [5.41, 5.74) is 0.805. The molecule has 3 rings (SSSR count). The second kappa shape index (κ2) is 17.1. The Bertz CT molecular complexity index is 788.